The van der Waals surface area contributed by atoms with Crippen molar-refractivity contribution in [2.75, 3.05) is 5.75 Å². The number of rotatable bonds is 12. The molecule has 2 N–H and O–H groups in total. The number of alkyl carbamates (subject to hydrolysis) is 1. The minimum atomic E-state index is -0.709. The molecule has 5 nitrogen and oxygen atoms in total. The van der Waals surface area contributed by atoms with Gasteiger partial charge in [-0.2, -0.15) is 12.6 Å². The summed E-state index contributed by atoms with van der Waals surface area (Å²) in [6.45, 7) is 5.50. The zero-order chi connectivity index (χ0) is 18.4. The number of amides is 1. The fraction of sp³-hybridized carbons (Fsp3) is 0.778. The number of hydrogen-bond acceptors (Lipinski definition) is 4. The number of hydrogen-bond donors (Lipinski definition) is 3. The molecule has 1 amide bonds. The Morgan fingerprint density at radius 2 is 1.71 bits per heavy atom. The van der Waals surface area contributed by atoms with Gasteiger partial charge in [-0.25, -0.2) is 4.79 Å². The summed E-state index contributed by atoms with van der Waals surface area (Å²) in [7, 11) is 0. The fourth-order valence-corrected chi connectivity index (χ4v) is 2.33. The summed E-state index contributed by atoms with van der Waals surface area (Å²) in [5.41, 5.74) is -0.501. The topological polar surface area (TPSA) is 75.6 Å². The molecule has 0 rings (SSSR count). The van der Waals surface area contributed by atoms with E-state index in [9.17, 15) is 9.59 Å². The summed E-state index contributed by atoms with van der Waals surface area (Å²) >= 11 is 4.24. The molecule has 0 unspecified atom stereocenters. The summed E-state index contributed by atoms with van der Waals surface area (Å²) < 4.78 is 5.22. The van der Waals surface area contributed by atoms with E-state index in [2.05, 4.69) is 24.0 Å². The van der Waals surface area contributed by atoms with Gasteiger partial charge in [0.05, 0.1) is 6.04 Å². The number of carboxylic acids is 1. The molecule has 0 aliphatic rings. The van der Waals surface area contributed by atoms with Gasteiger partial charge in [-0.1, -0.05) is 37.8 Å². The number of nitrogens with one attached hydrogen (secondary N) is 1. The van der Waals surface area contributed by atoms with Gasteiger partial charge in [0, 0.05) is 12.2 Å². The first-order chi connectivity index (χ1) is 11.2. The second kappa shape index (κ2) is 13.2. The highest BCUT2D eigenvalue weighted by Gasteiger charge is 2.17. The molecule has 0 bridgehead atoms. The number of carbonyl (C=O) groups is 2. The minimum absolute atomic E-state index is 0.126. The molecule has 0 fully saturated rings. The van der Waals surface area contributed by atoms with Crippen molar-refractivity contribution in [1.82, 2.24) is 5.32 Å². The molecule has 0 aliphatic carbocycles. The summed E-state index contributed by atoms with van der Waals surface area (Å²) in [4.78, 5) is 22.1. The Labute approximate surface area is 151 Å². The van der Waals surface area contributed by atoms with Crippen LogP contribution in [0.5, 0.6) is 0 Å². The summed E-state index contributed by atoms with van der Waals surface area (Å²) in [5, 5.41) is 11.3. The number of thiol groups is 1. The van der Waals surface area contributed by atoms with Crippen LogP contribution in [-0.4, -0.2) is 34.6 Å². The quantitative estimate of drug-likeness (QED) is 0.271. The van der Waals surface area contributed by atoms with Crippen molar-refractivity contribution in [3.63, 3.8) is 0 Å². The molecule has 0 spiro atoms. The van der Waals surface area contributed by atoms with Crippen molar-refractivity contribution >= 4 is 24.7 Å². The van der Waals surface area contributed by atoms with Crippen molar-refractivity contribution in [2.45, 2.75) is 83.8 Å². The Morgan fingerprint density at radius 1 is 1.12 bits per heavy atom. The van der Waals surface area contributed by atoms with Crippen LogP contribution in [0.1, 0.15) is 72.1 Å². The largest absolute Gasteiger partial charge is 0.481 e. The molecule has 6 heteroatoms. The van der Waals surface area contributed by atoms with Gasteiger partial charge >= 0.3 is 12.1 Å². The standard InChI is InChI=1S/C18H33NO4S/c1-18(2,3)23-17(22)19-15(14-24)12-10-8-6-4-5-7-9-11-13-16(20)21/h10,12,15,24H,4-9,11,13-14H2,1-3H3,(H,19,22)(H,20,21)/b12-10+/t15-/m1/s1. The fourth-order valence-electron chi connectivity index (χ4n) is 2.12. The molecule has 0 heterocycles. The van der Waals surface area contributed by atoms with E-state index >= 15 is 0 Å². The first-order valence-corrected chi connectivity index (χ1v) is 9.36. The SMILES string of the molecule is CC(C)(C)OC(=O)N[C@H](/C=C/CCCCCCCCC(=O)O)CS. The molecule has 0 aromatic carbocycles. The van der Waals surface area contributed by atoms with Crippen LogP contribution in [0.2, 0.25) is 0 Å². The van der Waals surface area contributed by atoms with Crippen LogP contribution in [-0.2, 0) is 9.53 Å². The Morgan fingerprint density at radius 3 is 2.25 bits per heavy atom. The number of unbranched alkanes of at least 4 members (excludes halogenated alkanes) is 6. The number of ether oxygens (including phenoxy) is 1. The predicted molar refractivity (Wildman–Crippen MR) is 101 cm³/mol. The van der Waals surface area contributed by atoms with Crippen LogP contribution >= 0.6 is 12.6 Å². The lowest BCUT2D eigenvalue weighted by molar-refractivity contribution is -0.137. The molecule has 140 valence electrons. The summed E-state index contributed by atoms with van der Waals surface area (Å²) in [6.07, 6.45) is 11.1. The van der Waals surface area contributed by atoms with Crippen LogP contribution in [0.25, 0.3) is 0 Å². The first-order valence-electron chi connectivity index (χ1n) is 8.73. The molecule has 1 atom stereocenters. The van der Waals surface area contributed by atoms with Gasteiger partial charge in [-0.05, 0) is 40.0 Å². The van der Waals surface area contributed by atoms with Crippen LogP contribution in [0.4, 0.5) is 4.79 Å². The lowest BCUT2D eigenvalue weighted by Gasteiger charge is -2.21. The maximum atomic E-state index is 11.7. The number of aliphatic carboxylic acids is 1. The molecule has 0 aliphatic heterocycles. The van der Waals surface area contributed by atoms with Gasteiger partial charge in [0.2, 0.25) is 0 Å². The average Bonchev–Trinajstić information content (AvgIpc) is 2.45. The van der Waals surface area contributed by atoms with Crippen molar-refractivity contribution in [3.05, 3.63) is 12.2 Å². The van der Waals surface area contributed by atoms with Gasteiger partial charge in [-0.3, -0.25) is 4.79 Å². The molecule has 24 heavy (non-hydrogen) atoms. The monoisotopic (exact) mass is 359 g/mol. The Kier molecular flexibility index (Phi) is 12.5. The zero-order valence-corrected chi connectivity index (χ0v) is 16.1. The lowest BCUT2D eigenvalue weighted by Crippen LogP contribution is -2.39. The van der Waals surface area contributed by atoms with E-state index in [1.807, 2.05) is 26.8 Å². The van der Waals surface area contributed by atoms with E-state index in [1.54, 1.807) is 0 Å². The highest BCUT2D eigenvalue weighted by Crippen LogP contribution is 2.10. The molecule has 0 saturated heterocycles. The van der Waals surface area contributed by atoms with Gasteiger partial charge in [0.15, 0.2) is 0 Å². The van der Waals surface area contributed by atoms with Crippen LogP contribution in [0, 0.1) is 0 Å². The van der Waals surface area contributed by atoms with Gasteiger partial charge in [0.1, 0.15) is 5.60 Å². The minimum Gasteiger partial charge on any atom is -0.481 e. The Balaban J connectivity index is 3.72. The molecule has 0 radical (unpaired) electrons. The highest BCUT2D eigenvalue weighted by molar-refractivity contribution is 7.80. The van der Waals surface area contributed by atoms with E-state index < -0.39 is 17.7 Å². The van der Waals surface area contributed by atoms with Crippen LogP contribution in [0.3, 0.4) is 0 Å². The average molecular weight is 360 g/mol. The maximum Gasteiger partial charge on any atom is 0.408 e. The van der Waals surface area contributed by atoms with E-state index in [0.717, 1.165) is 44.9 Å². The Bertz CT molecular complexity index is 391. The van der Waals surface area contributed by atoms with Crippen molar-refractivity contribution in [3.8, 4) is 0 Å². The number of carboxylic acid groups (broad SMARTS) is 1. The molecular weight excluding hydrogens is 326 g/mol. The van der Waals surface area contributed by atoms with Crippen LogP contribution < -0.4 is 5.32 Å². The third kappa shape index (κ3) is 15.7. The first kappa shape index (κ1) is 22.8. The highest BCUT2D eigenvalue weighted by atomic mass is 32.1. The second-order valence-corrected chi connectivity index (χ2v) is 7.28. The third-order valence-corrected chi connectivity index (χ3v) is 3.67. The van der Waals surface area contributed by atoms with Gasteiger partial charge in [-0.15, -0.1) is 0 Å². The van der Waals surface area contributed by atoms with E-state index in [-0.39, 0.29) is 12.5 Å². The smallest absolute Gasteiger partial charge is 0.408 e. The van der Waals surface area contributed by atoms with Crippen molar-refractivity contribution in [2.24, 2.45) is 0 Å². The summed E-state index contributed by atoms with van der Waals surface area (Å²) in [5.74, 6) is -0.182. The third-order valence-electron chi connectivity index (χ3n) is 3.28. The summed E-state index contributed by atoms with van der Waals surface area (Å²) in [6, 6.07) is -0.126. The number of allylic oxidation sites excluding steroid dienone is 1. The molecule has 0 aromatic rings. The predicted octanol–water partition coefficient (Wildman–Crippen LogP) is 4.57. The zero-order valence-electron chi connectivity index (χ0n) is 15.2. The molecule has 0 saturated carbocycles. The second-order valence-electron chi connectivity index (χ2n) is 6.92. The van der Waals surface area contributed by atoms with Crippen LogP contribution in [0.15, 0.2) is 12.2 Å². The lowest BCUT2D eigenvalue weighted by atomic mass is 10.1. The number of carbonyl (C=O) groups excluding carboxylic acids is 1. The Hall–Kier alpha value is -1.17. The van der Waals surface area contributed by atoms with Crippen molar-refractivity contribution in [1.29, 1.82) is 0 Å². The molecular formula is C18H33NO4S. The van der Waals surface area contributed by atoms with E-state index in [1.165, 1.54) is 0 Å². The molecule has 0 aromatic heterocycles. The van der Waals surface area contributed by atoms with E-state index in [0.29, 0.717) is 5.75 Å². The normalized spacial score (nSPS) is 13.0. The van der Waals surface area contributed by atoms with Gasteiger partial charge in [0.25, 0.3) is 0 Å². The van der Waals surface area contributed by atoms with E-state index in [4.69, 9.17) is 9.84 Å². The van der Waals surface area contributed by atoms with Crippen molar-refractivity contribution < 1.29 is 19.4 Å². The maximum absolute atomic E-state index is 11.7. The van der Waals surface area contributed by atoms with Gasteiger partial charge < -0.3 is 15.2 Å².